The van der Waals surface area contributed by atoms with Crippen LogP contribution in [0.25, 0.3) is 0 Å². The Hall–Kier alpha value is -1.36. The van der Waals surface area contributed by atoms with Gasteiger partial charge in [0.2, 0.25) is 5.91 Å². The second-order valence-corrected chi connectivity index (χ2v) is 4.98. The normalized spacial score (nSPS) is 12.1. The molecule has 94 valence electrons. The van der Waals surface area contributed by atoms with Gasteiger partial charge in [-0.25, -0.2) is 4.79 Å². The van der Waals surface area contributed by atoms with Crippen LogP contribution < -0.4 is 0 Å². The third-order valence-electron chi connectivity index (χ3n) is 2.73. The fourth-order valence-electron chi connectivity index (χ4n) is 1.43. The summed E-state index contributed by atoms with van der Waals surface area (Å²) in [6, 6.07) is 3.27. The highest BCUT2D eigenvalue weighted by molar-refractivity contribution is 7.09. The van der Waals surface area contributed by atoms with Crippen molar-refractivity contribution in [2.75, 3.05) is 7.05 Å². The number of amides is 1. The lowest BCUT2D eigenvalue weighted by atomic mass is 10.2. The fraction of sp³-hybridized carbons (Fsp3) is 0.500. The highest BCUT2D eigenvalue weighted by Crippen LogP contribution is 2.12. The first-order valence-electron chi connectivity index (χ1n) is 5.53. The maximum Gasteiger partial charge on any atom is 0.326 e. The summed E-state index contributed by atoms with van der Waals surface area (Å²) in [5.41, 5.74) is 0. The van der Waals surface area contributed by atoms with Gasteiger partial charge in [0, 0.05) is 18.3 Å². The second-order valence-electron chi connectivity index (χ2n) is 3.95. The molecule has 0 saturated carbocycles. The first-order valence-corrected chi connectivity index (χ1v) is 6.41. The van der Waals surface area contributed by atoms with Gasteiger partial charge in [-0.05, 0) is 31.2 Å². The van der Waals surface area contributed by atoms with E-state index in [4.69, 9.17) is 5.11 Å². The number of likely N-dealkylation sites (N-methyl/N-ethyl adjacent to an activating group) is 1. The molecule has 0 saturated heterocycles. The molecule has 5 heteroatoms. The zero-order chi connectivity index (χ0) is 12.8. The summed E-state index contributed by atoms with van der Waals surface area (Å²) >= 11 is 1.68. The van der Waals surface area contributed by atoms with Crippen molar-refractivity contribution in [3.05, 3.63) is 22.4 Å². The number of carbonyl (C=O) groups is 2. The van der Waals surface area contributed by atoms with Gasteiger partial charge < -0.3 is 10.0 Å². The molecule has 4 nitrogen and oxygen atoms in total. The minimum atomic E-state index is -0.973. The van der Waals surface area contributed by atoms with Crippen LogP contribution in [0, 0.1) is 0 Å². The van der Waals surface area contributed by atoms with E-state index in [2.05, 4.69) is 0 Å². The number of nitrogens with zero attached hydrogens (tertiary/aromatic N) is 1. The topological polar surface area (TPSA) is 57.6 Å². The molecule has 0 aliphatic heterocycles. The molecule has 0 bridgehead atoms. The van der Waals surface area contributed by atoms with E-state index in [0.29, 0.717) is 6.42 Å². The van der Waals surface area contributed by atoms with Crippen molar-refractivity contribution in [3.8, 4) is 0 Å². The average Bonchev–Trinajstić information content (AvgIpc) is 2.79. The third-order valence-corrected chi connectivity index (χ3v) is 3.66. The maximum atomic E-state index is 11.7. The summed E-state index contributed by atoms with van der Waals surface area (Å²) in [5.74, 6) is -1.09. The van der Waals surface area contributed by atoms with Crippen LogP contribution in [0.4, 0.5) is 0 Å². The Morgan fingerprint density at radius 1 is 1.53 bits per heavy atom. The molecule has 0 spiro atoms. The summed E-state index contributed by atoms with van der Waals surface area (Å²) in [4.78, 5) is 24.9. The van der Waals surface area contributed by atoms with Gasteiger partial charge in [0.25, 0.3) is 0 Å². The molecule has 0 aliphatic carbocycles. The lowest BCUT2D eigenvalue weighted by Crippen LogP contribution is -2.40. The molecule has 1 aromatic heterocycles. The lowest BCUT2D eigenvalue weighted by Gasteiger charge is -2.21. The van der Waals surface area contributed by atoms with E-state index in [-0.39, 0.29) is 5.91 Å². The smallest absolute Gasteiger partial charge is 0.326 e. The SMILES string of the molecule is CC(C(=O)O)N(C)C(=O)CCCc1cccs1. The van der Waals surface area contributed by atoms with Crippen LogP contribution in [0.2, 0.25) is 0 Å². The number of rotatable bonds is 6. The molecular weight excluding hydrogens is 238 g/mol. The van der Waals surface area contributed by atoms with E-state index in [1.165, 1.54) is 23.7 Å². The monoisotopic (exact) mass is 255 g/mol. The molecule has 17 heavy (non-hydrogen) atoms. The molecule has 1 aromatic rings. The van der Waals surface area contributed by atoms with Crippen LogP contribution in [0.1, 0.15) is 24.6 Å². The van der Waals surface area contributed by atoms with Gasteiger partial charge in [0.15, 0.2) is 0 Å². The summed E-state index contributed by atoms with van der Waals surface area (Å²) in [6.45, 7) is 1.51. The fourth-order valence-corrected chi connectivity index (χ4v) is 2.18. The lowest BCUT2D eigenvalue weighted by molar-refractivity contribution is -0.148. The van der Waals surface area contributed by atoms with Crippen molar-refractivity contribution < 1.29 is 14.7 Å². The molecule has 0 fully saturated rings. The van der Waals surface area contributed by atoms with Gasteiger partial charge >= 0.3 is 5.97 Å². The first kappa shape index (κ1) is 13.7. The van der Waals surface area contributed by atoms with Crippen LogP contribution >= 0.6 is 11.3 Å². The van der Waals surface area contributed by atoms with Crippen molar-refractivity contribution in [1.29, 1.82) is 0 Å². The van der Waals surface area contributed by atoms with Crippen molar-refractivity contribution in [2.24, 2.45) is 0 Å². The summed E-state index contributed by atoms with van der Waals surface area (Å²) in [6.07, 6.45) is 2.03. The number of hydrogen-bond acceptors (Lipinski definition) is 3. The summed E-state index contributed by atoms with van der Waals surface area (Å²) in [7, 11) is 1.53. The summed E-state index contributed by atoms with van der Waals surface area (Å²) in [5, 5.41) is 10.8. The van der Waals surface area contributed by atoms with E-state index in [0.717, 1.165) is 12.8 Å². The zero-order valence-electron chi connectivity index (χ0n) is 10.0. The van der Waals surface area contributed by atoms with E-state index in [1.807, 2.05) is 17.5 Å². The number of aryl methyl sites for hydroxylation is 1. The Balaban J connectivity index is 2.32. The molecule has 0 aliphatic rings. The molecule has 0 aromatic carbocycles. The van der Waals surface area contributed by atoms with Crippen LogP contribution in [0.3, 0.4) is 0 Å². The van der Waals surface area contributed by atoms with Crippen molar-refractivity contribution in [2.45, 2.75) is 32.2 Å². The molecule has 1 N–H and O–H groups in total. The predicted octanol–water partition coefficient (Wildman–Crippen LogP) is 2.00. The quantitative estimate of drug-likeness (QED) is 0.846. The number of hydrogen-bond donors (Lipinski definition) is 1. The number of carbonyl (C=O) groups excluding carboxylic acids is 1. The van der Waals surface area contributed by atoms with Gasteiger partial charge in [-0.1, -0.05) is 6.07 Å². The standard InChI is InChI=1S/C12H17NO3S/c1-9(12(15)16)13(2)11(14)7-3-5-10-6-4-8-17-10/h4,6,8-9H,3,5,7H2,1-2H3,(H,15,16). The van der Waals surface area contributed by atoms with Crippen LogP contribution in [0.15, 0.2) is 17.5 Å². The average molecular weight is 255 g/mol. The van der Waals surface area contributed by atoms with Crippen LogP contribution in [-0.4, -0.2) is 35.0 Å². The Morgan fingerprint density at radius 3 is 2.76 bits per heavy atom. The molecule has 1 heterocycles. The largest absolute Gasteiger partial charge is 0.480 e. The zero-order valence-corrected chi connectivity index (χ0v) is 10.9. The third kappa shape index (κ3) is 4.19. The first-order chi connectivity index (χ1) is 8.02. The van der Waals surface area contributed by atoms with Gasteiger partial charge in [-0.2, -0.15) is 0 Å². The molecule has 0 radical (unpaired) electrons. The van der Waals surface area contributed by atoms with E-state index < -0.39 is 12.0 Å². The number of carboxylic acid groups (broad SMARTS) is 1. The second kappa shape index (κ2) is 6.39. The highest BCUT2D eigenvalue weighted by Gasteiger charge is 2.20. The van der Waals surface area contributed by atoms with E-state index >= 15 is 0 Å². The Morgan fingerprint density at radius 2 is 2.24 bits per heavy atom. The highest BCUT2D eigenvalue weighted by atomic mass is 32.1. The van der Waals surface area contributed by atoms with Crippen LogP contribution in [0.5, 0.6) is 0 Å². The van der Waals surface area contributed by atoms with Crippen molar-refractivity contribution in [3.63, 3.8) is 0 Å². The Bertz CT molecular complexity index is 375. The molecule has 1 atom stereocenters. The summed E-state index contributed by atoms with van der Waals surface area (Å²) < 4.78 is 0. The number of carboxylic acids is 1. The van der Waals surface area contributed by atoms with E-state index in [9.17, 15) is 9.59 Å². The minimum absolute atomic E-state index is 0.114. The van der Waals surface area contributed by atoms with Gasteiger partial charge in [0.1, 0.15) is 6.04 Å². The number of aliphatic carboxylic acids is 1. The molecule has 1 amide bonds. The molecule has 1 unspecified atom stereocenters. The van der Waals surface area contributed by atoms with Crippen molar-refractivity contribution >= 4 is 23.2 Å². The predicted molar refractivity (Wildman–Crippen MR) is 67.1 cm³/mol. The van der Waals surface area contributed by atoms with Crippen molar-refractivity contribution in [1.82, 2.24) is 4.90 Å². The van der Waals surface area contributed by atoms with E-state index in [1.54, 1.807) is 11.3 Å². The van der Waals surface area contributed by atoms with Crippen LogP contribution in [-0.2, 0) is 16.0 Å². The molecular formula is C12H17NO3S. The molecule has 1 rings (SSSR count). The van der Waals surface area contributed by atoms with Gasteiger partial charge in [-0.3, -0.25) is 4.79 Å². The van der Waals surface area contributed by atoms with Gasteiger partial charge in [0.05, 0.1) is 0 Å². The van der Waals surface area contributed by atoms with Gasteiger partial charge in [-0.15, -0.1) is 11.3 Å². The maximum absolute atomic E-state index is 11.7. The Labute approximate surface area is 105 Å². The number of thiophene rings is 1. The Kier molecular flexibility index (Phi) is 5.15. The minimum Gasteiger partial charge on any atom is -0.480 e.